The van der Waals surface area contributed by atoms with E-state index in [0.29, 0.717) is 23.3 Å². The Hall–Kier alpha value is -2.60. The van der Waals surface area contributed by atoms with Crippen LogP contribution in [-0.4, -0.2) is 29.2 Å². The molecule has 0 fully saturated rings. The van der Waals surface area contributed by atoms with E-state index in [1.54, 1.807) is 36.4 Å². The van der Waals surface area contributed by atoms with E-state index in [9.17, 15) is 14.4 Å². The predicted octanol–water partition coefficient (Wildman–Crippen LogP) is 2.63. The van der Waals surface area contributed by atoms with Crippen molar-refractivity contribution < 1.29 is 18.8 Å². The summed E-state index contributed by atoms with van der Waals surface area (Å²) in [7, 11) is 0. The summed E-state index contributed by atoms with van der Waals surface area (Å²) < 4.78 is 5.14. The van der Waals surface area contributed by atoms with E-state index in [1.807, 2.05) is 0 Å². The third-order valence-electron chi connectivity index (χ3n) is 3.75. The van der Waals surface area contributed by atoms with Crippen LogP contribution in [0.4, 0.5) is 0 Å². The molecule has 0 bridgehead atoms. The zero-order valence-corrected chi connectivity index (χ0v) is 13.5. The first kappa shape index (κ1) is 16.3. The molecule has 1 aromatic heterocycles. The van der Waals surface area contributed by atoms with Crippen molar-refractivity contribution in [1.82, 2.24) is 10.2 Å². The van der Waals surface area contributed by atoms with E-state index in [1.165, 1.54) is 4.90 Å². The number of hydrogen-bond acceptors (Lipinski definition) is 4. The van der Waals surface area contributed by atoms with Gasteiger partial charge < -0.3 is 9.73 Å². The van der Waals surface area contributed by atoms with E-state index in [0.717, 1.165) is 0 Å². The highest BCUT2D eigenvalue weighted by molar-refractivity contribution is 6.28. The average Bonchev–Trinajstić information content (AvgIpc) is 3.10. The molecule has 0 saturated carbocycles. The number of hydrogen-bond donors (Lipinski definition) is 1. The molecule has 3 amide bonds. The topological polar surface area (TPSA) is 79.6 Å². The van der Waals surface area contributed by atoms with Gasteiger partial charge in [0.2, 0.25) is 5.91 Å². The lowest BCUT2D eigenvalue weighted by molar-refractivity contribution is -0.121. The third kappa shape index (κ3) is 3.33. The first-order chi connectivity index (χ1) is 11.6. The largest absolute Gasteiger partial charge is 0.448 e. The fourth-order valence-corrected chi connectivity index (χ4v) is 2.72. The Labute approximate surface area is 143 Å². The molecule has 24 heavy (non-hydrogen) atoms. The lowest BCUT2D eigenvalue weighted by atomic mass is 10.1. The minimum absolute atomic E-state index is 0.181. The van der Waals surface area contributed by atoms with E-state index >= 15 is 0 Å². The number of rotatable bonds is 6. The highest BCUT2D eigenvalue weighted by atomic mass is 35.5. The van der Waals surface area contributed by atoms with Crippen molar-refractivity contribution in [2.75, 3.05) is 6.54 Å². The Balaban J connectivity index is 1.46. The van der Waals surface area contributed by atoms with Gasteiger partial charge in [-0.1, -0.05) is 12.1 Å². The number of nitrogens with zero attached hydrogens (tertiary/aromatic N) is 1. The number of carbonyl (C=O) groups excluding carboxylic acids is 3. The molecule has 124 valence electrons. The lowest BCUT2D eigenvalue weighted by Crippen LogP contribution is -2.32. The molecule has 1 aliphatic heterocycles. The standard InChI is InChI=1S/C17H15ClN2O4/c18-14-8-7-11(24-14)10-19-15(21)6-3-9-20-16(22)12-4-1-2-5-13(12)17(20)23/h1-2,4-5,7-8H,3,6,9-10H2,(H,19,21). The van der Waals surface area contributed by atoms with Gasteiger partial charge in [-0.25, -0.2) is 0 Å². The number of nitrogens with one attached hydrogen (secondary N) is 1. The van der Waals surface area contributed by atoms with Gasteiger partial charge >= 0.3 is 0 Å². The smallest absolute Gasteiger partial charge is 0.261 e. The number of amides is 3. The van der Waals surface area contributed by atoms with Crippen LogP contribution in [0.15, 0.2) is 40.8 Å². The normalized spacial score (nSPS) is 13.3. The molecule has 7 heteroatoms. The molecular formula is C17H15ClN2O4. The van der Waals surface area contributed by atoms with Gasteiger partial charge in [0.1, 0.15) is 5.76 Å². The van der Waals surface area contributed by atoms with Crippen LogP contribution in [0, 0.1) is 0 Å². The first-order valence-electron chi connectivity index (χ1n) is 7.52. The van der Waals surface area contributed by atoms with Gasteiger partial charge in [0.25, 0.3) is 11.8 Å². The minimum atomic E-state index is -0.304. The van der Waals surface area contributed by atoms with Crippen molar-refractivity contribution in [3.63, 3.8) is 0 Å². The summed E-state index contributed by atoms with van der Waals surface area (Å²) in [5, 5.41) is 2.97. The monoisotopic (exact) mass is 346 g/mol. The summed E-state index contributed by atoms with van der Waals surface area (Å²) in [6.07, 6.45) is 0.609. The molecule has 2 heterocycles. The zero-order valence-electron chi connectivity index (χ0n) is 12.8. The van der Waals surface area contributed by atoms with Gasteiger partial charge in [-0.2, -0.15) is 0 Å². The molecule has 1 N–H and O–H groups in total. The van der Waals surface area contributed by atoms with E-state index < -0.39 is 0 Å². The van der Waals surface area contributed by atoms with Crippen LogP contribution in [0.3, 0.4) is 0 Å². The summed E-state index contributed by atoms with van der Waals surface area (Å²) in [6, 6.07) is 10.0. The van der Waals surface area contributed by atoms with Crippen LogP contribution in [-0.2, 0) is 11.3 Å². The van der Waals surface area contributed by atoms with Crippen LogP contribution >= 0.6 is 11.6 Å². The van der Waals surface area contributed by atoms with E-state index in [2.05, 4.69) is 5.32 Å². The summed E-state index contributed by atoms with van der Waals surface area (Å²) >= 11 is 5.65. The number of halogens is 1. The maximum Gasteiger partial charge on any atom is 0.261 e. The van der Waals surface area contributed by atoms with Crippen LogP contribution < -0.4 is 5.32 Å². The van der Waals surface area contributed by atoms with Gasteiger partial charge in [0.15, 0.2) is 5.22 Å². The molecule has 0 saturated heterocycles. The summed E-state index contributed by atoms with van der Waals surface area (Å²) in [5.74, 6) is -0.227. The lowest BCUT2D eigenvalue weighted by Gasteiger charge is -2.13. The van der Waals surface area contributed by atoms with Gasteiger partial charge in [-0.05, 0) is 42.3 Å². The third-order valence-corrected chi connectivity index (χ3v) is 3.96. The average molecular weight is 347 g/mol. The maximum atomic E-state index is 12.2. The van der Waals surface area contributed by atoms with Crippen LogP contribution in [0.5, 0.6) is 0 Å². The summed E-state index contributed by atoms with van der Waals surface area (Å²) in [6.45, 7) is 0.463. The first-order valence-corrected chi connectivity index (χ1v) is 7.90. The molecule has 0 radical (unpaired) electrons. The Morgan fingerprint density at radius 1 is 1.08 bits per heavy atom. The molecule has 1 aliphatic rings. The molecule has 0 aliphatic carbocycles. The molecule has 3 rings (SSSR count). The second-order valence-electron chi connectivity index (χ2n) is 5.39. The van der Waals surface area contributed by atoms with Gasteiger partial charge in [-0.15, -0.1) is 0 Å². The molecule has 1 aromatic carbocycles. The molecule has 0 unspecified atom stereocenters. The van der Waals surface area contributed by atoms with Crippen molar-refractivity contribution >= 4 is 29.3 Å². The highest BCUT2D eigenvalue weighted by Crippen LogP contribution is 2.22. The fourth-order valence-electron chi connectivity index (χ4n) is 2.56. The predicted molar refractivity (Wildman–Crippen MR) is 86.6 cm³/mol. The Kier molecular flexibility index (Phi) is 4.66. The van der Waals surface area contributed by atoms with Crippen molar-refractivity contribution in [2.24, 2.45) is 0 Å². The Bertz CT molecular complexity index is 764. The maximum absolute atomic E-state index is 12.2. The van der Waals surface area contributed by atoms with Crippen molar-refractivity contribution in [2.45, 2.75) is 19.4 Å². The summed E-state index contributed by atoms with van der Waals surface area (Å²) in [4.78, 5) is 37.3. The molecule has 0 spiro atoms. The van der Waals surface area contributed by atoms with Gasteiger partial charge in [0, 0.05) is 13.0 Å². The van der Waals surface area contributed by atoms with Crippen molar-refractivity contribution in [3.8, 4) is 0 Å². The SMILES string of the molecule is O=C(CCCN1C(=O)c2ccccc2C1=O)NCc1ccc(Cl)o1. The number of carbonyl (C=O) groups is 3. The second kappa shape index (κ2) is 6.88. The van der Waals surface area contributed by atoms with Crippen LogP contribution in [0.1, 0.15) is 39.3 Å². The number of imide groups is 1. The van der Waals surface area contributed by atoms with Crippen molar-refractivity contribution in [1.29, 1.82) is 0 Å². The Morgan fingerprint density at radius 3 is 2.33 bits per heavy atom. The van der Waals surface area contributed by atoms with E-state index in [-0.39, 0.29) is 42.5 Å². The molecular weight excluding hydrogens is 332 g/mol. The highest BCUT2D eigenvalue weighted by Gasteiger charge is 2.34. The van der Waals surface area contributed by atoms with Gasteiger partial charge in [-0.3, -0.25) is 19.3 Å². The van der Waals surface area contributed by atoms with Crippen LogP contribution in [0.25, 0.3) is 0 Å². The fraction of sp³-hybridized carbons (Fsp3) is 0.235. The number of fused-ring (bicyclic) bond motifs is 1. The molecule has 0 atom stereocenters. The van der Waals surface area contributed by atoms with Gasteiger partial charge in [0.05, 0.1) is 17.7 Å². The number of benzene rings is 1. The zero-order chi connectivity index (χ0) is 17.1. The van der Waals surface area contributed by atoms with E-state index in [4.69, 9.17) is 16.0 Å². The van der Waals surface area contributed by atoms with Crippen LogP contribution in [0.2, 0.25) is 5.22 Å². The second-order valence-corrected chi connectivity index (χ2v) is 5.77. The molecule has 6 nitrogen and oxygen atoms in total. The number of furan rings is 1. The summed E-state index contributed by atoms with van der Waals surface area (Å²) in [5.41, 5.74) is 0.836. The minimum Gasteiger partial charge on any atom is -0.448 e. The van der Waals surface area contributed by atoms with Crippen molar-refractivity contribution in [3.05, 3.63) is 58.5 Å². The molecule has 2 aromatic rings. The Morgan fingerprint density at radius 2 is 1.75 bits per heavy atom. The quantitative estimate of drug-likeness (QED) is 0.815.